The number of nitrogens with one attached hydrogen (secondary N) is 6. The number of nitrogens with two attached hydrogens (primary N) is 1. The zero-order valence-electron chi connectivity index (χ0n) is 22.8. The number of urea groups is 2. The molecule has 0 fully saturated rings. The van der Waals surface area contributed by atoms with Crippen LogP contribution in [0.1, 0.15) is 25.0 Å². The molecule has 0 spiro atoms. The third kappa shape index (κ3) is 12.3. The van der Waals surface area contributed by atoms with E-state index in [0.717, 1.165) is 11.1 Å². The first kappa shape index (κ1) is 32.4. The Morgan fingerprint density at radius 2 is 1.41 bits per heavy atom. The second kappa shape index (κ2) is 16.3. The summed E-state index contributed by atoms with van der Waals surface area (Å²) in [6.45, 7) is 2.61. The van der Waals surface area contributed by atoms with Crippen LogP contribution in [0.15, 0.2) is 54.6 Å². The fourth-order valence-corrected chi connectivity index (χ4v) is 3.63. The second-order valence-corrected chi connectivity index (χ2v) is 9.54. The van der Waals surface area contributed by atoms with E-state index in [-0.39, 0.29) is 31.2 Å². The molecular formula is C27H37N7O7. The molecule has 0 bridgehead atoms. The first-order chi connectivity index (χ1) is 19.4. The van der Waals surface area contributed by atoms with Gasteiger partial charge in [0.05, 0.1) is 19.3 Å². The Bertz CT molecular complexity index is 1180. The molecule has 0 aromatic heterocycles. The molecule has 10 N–H and O–H groups in total. The summed E-state index contributed by atoms with van der Waals surface area (Å²) in [5, 5.41) is 33.4. The van der Waals surface area contributed by atoms with Gasteiger partial charge in [-0.05, 0) is 35.6 Å². The molecular weight excluding hydrogens is 534 g/mol. The van der Waals surface area contributed by atoms with Gasteiger partial charge in [0.15, 0.2) is 0 Å². The van der Waals surface area contributed by atoms with Crippen molar-refractivity contribution in [2.45, 2.75) is 44.9 Å². The molecule has 0 saturated heterocycles. The van der Waals surface area contributed by atoms with Gasteiger partial charge < -0.3 is 47.8 Å². The summed E-state index contributed by atoms with van der Waals surface area (Å²) in [5.74, 6) is -2.60. The van der Waals surface area contributed by atoms with E-state index in [9.17, 15) is 34.2 Å². The number of carboxylic acids is 1. The quantitative estimate of drug-likeness (QED) is 0.137. The van der Waals surface area contributed by atoms with Gasteiger partial charge in [-0.3, -0.25) is 9.59 Å². The zero-order chi connectivity index (χ0) is 30.4. The summed E-state index contributed by atoms with van der Waals surface area (Å²) in [5.41, 5.74) is 7.42. The molecule has 0 aliphatic heterocycles. The van der Waals surface area contributed by atoms with Crippen molar-refractivity contribution in [2.24, 2.45) is 11.7 Å². The molecule has 6 amide bonds. The molecule has 14 nitrogen and oxygen atoms in total. The minimum atomic E-state index is -1.19. The smallest absolute Gasteiger partial charge is 0.326 e. The monoisotopic (exact) mass is 571 g/mol. The molecule has 0 radical (unpaired) electrons. The summed E-state index contributed by atoms with van der Waals surface area (Å²) in [7, 11) is 0. The van der Waals surface area contributed by atoms with Crippen LogP contribution in [0.2, 0.25) is 0 Å². The minimum absolute atomic E-state index is 0.0969. The Kier molecular flexibility index (Phi) is 12.9. The van der Waals surface area contributed by atoms with Gasteiger partial charge in [-0.25, -0.2) is 14.4 Å². The van der Waals surface area contributed by atoms with E-state index in [1.54, 1.807) is 50.2 Å². The van der Waals surface area contributed by atoms with Crippen LogP contribution < -0.4 is 37.6 Å². The highest BCUT2D eigenvalue weighted by Gasteiger charge is 2.25. The Balaban J connectivity index is 1.81. The van der Waals surface area contributed by atoms with Crippen molar-refractivity contribution in [3.63, 3.8) is 0 Å². The van der Waals surface area contributed by atoms with Crippen molar-refractivity contribution in [3.8, 4) is 5.75 Å². The lowest BCUT2D eigenvalue weighted by atomic mass is 10.1. The number of hydrogen-bond donors (Lipinski definition) is 9. The van der Waals surface area contributed by atoms with E-state index in [1.807, 2.05) is 6.07 Å². The molecule has 0 aliphatic rings. The molecule has 41 heavy (non-hydrogen) atoms. The number of amides is 6. The van der Waals surface area contributed by atoms with Gasteiger partial charge in [0.2, 0.25) is 11.8 Å². The Morgan fingerprint density at radius 1 is 0.780 bits per heavy atom. The Hall–Kier alpha value is -4.85. The molecule has 3 atom stereocenters. The predicted octanol–water partition coefficient (Wildman–Crippen LogP) is -0.272. The van der Waals surface area contributed by atoms with E-state index < -0.39 is 54.6 Å². The number of carbonyl (C=O) groups excluding carboxylic acids is 4. The highest BCUT2D eigenvalue weighted by molar-refractivity contribution is 5.86. The van der Waals surface area contributed by atoms with Crippen LogP contribution in [-0.4, -0.2) is 71.5 Å². The maximum atomic E-state index is 12.5. The molecule has 2 rings (SSSR count). The molecule has 0 aliphatic carbocycles. The summed E-state index contributed by atoms with van der Waals surface area (Å²) < 4.78 is 0. The van der Waals surface area contributed by atoms with Crippen molar-refractivity contribution >= 4 is 29.8 Å². The molecule has 0 saturated carbocycles. The first-order valence-electron chi connectivity index (χ1n) is 12.9. The van der Waals surface area contributed by atoms with Crippen LogP contribution in [0.25, 0.3) is 0 Å². The average Bonchev–Trinajstić information content (AvgIpc) is 2.92. The lowest BCUT2D eigenvalue weighted by Gasteiger charge is -2.23. The van der Waals surface area contributed by atoms with Crippen molar-refractivity contribution in [1.29, 1.82) is 0 Å². The van der Waals surface area contributed by atoms with Gasteiger partial charge in [-0.15, -0.1) is 0 Å². The fourth-order valence-electron chi connectivity index (χ4n) is 3.63. The Morgan fingerprint density at radius 3 is 2.02 bits per heavy atom. The summed E-state index contributed by atoms with van der Waals surface area (Å²) in [6.07, 6.45) is -0.490. The highest BCUT2D eigenvalue weighted by atomic mass is 16.4. The van der Waals surface area contributed by atoms with Gasteiger partial charge >= 0.3 is 18.0 Å². The molecule has 0 unspecified atom stereocenters. The lowest BCUT2D eigenvalue weighted by molar-refractivity contribution is -0.140. The number of phenols is 1. The molecule has 2 aromatic rings. The number of phenolic OH excluding ortho intramolecular Hbond substituents is 1. The zero-order valence-corrected chi connectivity index (χ0v) is 22.8. The second-order valence-electron chi connectivity index (χ2n) is 9.54. The number of carboxylic acid groups (broad SMARTS) is 1. The third-order valence-electron chi connectivity index (χ3n) is 5.79. The van der Waals surface area contributed by atoms with Gasteiger partial charge in [0.1, 0.15) is 18.0 Å². The minimum Gasteiger partial charge on any atom is -0.508 e. The lowest BCUT2D eigenvalue weighted by Crippen LogP contribution is -2.57. The van der Waals surface area contributed by atoms with E-state index in [0.29, 0.717) is 0 Å². The third-order valence-corrected chi connectivity index (χ3v) is 5.79. The van der Waals surface area contributed by atoms with Crippen molar-refractivity contribution in [3.05, 3.63) is 65.7 Å². The van der Waals surface area contributed by atoms with Crippen LogP contribution in [0, 0.1) is 5.92 Å². The summed E-state index contributed by atoms with van der Waals surface area (Å²) >= 11 is 0. The maximum absolute atomic E-state index is 12.5. The van der Waals surface area contributed by atoms with E-state index in [4.69, 9.17) is 5.73 Å². The Labute approximate surface area is 237 Å². The number of carbonyl (C=O) groups is 5. The first-order valence-corrected chi connectivity index (χ1v) is 12.9. The standard InChI is InChI=1S/C27H37N7O7/c1-16(2)23(25(38)39)34-27(41)33-21(13-17-6-4-3-5-7-17)32-22(36)14-29-26(40)31-15-30-24(37)20(28)12-18-8-10-19(35)11-9-18/h3-11,16,20-21,23,35H,12-15,28H2,1-2H3,(H,30,37)(H,32,36)(H,38,39)(H2,29,31,40)(H2,33,34,41)/t20-,21+,23-/m0/s1. The van der Waals surface area contributed by atoms with Crippen LogP contribution in [0.3, 0.4) is 0 Å². The molecule has 14 heteroatoms. The highest BCUT2D eigenvalue weighted by Crippen LogP contribution is 2.11. The predicted molar refractivity (Wildman–Crippen MR) is 149 cm³/mol. The van der Waals surface area contributed by atoms with E-state index >= 15 is 0 Å². The molecule has 222 valence electrons. The van der Waals surface area contributed by atoms with Crippen molar-refractivity contribution in [2.75, 3.05) is 13.2 Å². The average molecular weight is 572 g/mol. The summed E-state index contributed by atoms with van der Waals surface area (Å²) in [6, 6.07) is 11.7. The number of hydrogen-bond acceptors (Lipinski definition) is 7. The number of rotatable bonds is 14. The molecule has 0 heterocycles. The number of benzene rings is 2. The van der Waals surface area contributed by atoms with E-state index in [1.165, 1.54) is 12.1 Å². The maximum Gasteiger partial charge on any atom is 0.326 e. The SMILES string of the molecule is CC(C)[C@H](NC(=O)N[C@H](Cc1ccccc1)NC(=O)CNC(=O)NCNC(=O)[C@@H](N)Cc1ccc(O)cc1)C(=O)O. The van der Waals surface area contributed by atoms with Crippen LogP contribution >= 0.6 is 0 Å². The van der Waals surface area contributed by atoms with Crippen LogP contribution in [0.4, 0.5) is 9.59 Å². The van der Waals surface area contributed by atoms with Crippen LogP contribution in [-0.2, 0) is 27.2 Å². The van der Waals surface area contributed by atoms with Gasteiger partial charge in [-0.2, -0.15) is 0 Å². The number of aliphatic carboxylic acids is 1. The van der Waals surface area contributed by atoms with Gasteiger partial charge in [0, 0.05) is 6.42 Å². The van der Waals surface area contributed by atoms with E-state index in [2.05, 4.69) is 31.9 Å². The van der Waals surface area contributed by atoms with Crippen LogP contribution in [0.5, 0.6) is 5.75 Å². The molecule has 2 aromatic carbocycles. The normalized spacial score (nSPS) is 12.8. The van der Waals surface area contributed by atoms with Gasteiger partial charge in [-0.1, -0.05) is 56.3 Å². The fraction of sp³-hybridized carbons (Fsp3) is 0.370. The van der Waals surface area contributed by atoms with Crippen molar-refractivity contribution in [1.82, 2.24) is 31.9 Å². The topological polar surface area (TPSA) is 224 Å². The van der Waals surface area contributed by atoms with Crippen molar-refractivity contribution < 1.29 is 34.2 Å². The van der Waals surface area contributed by atoms with Gasteiger partial charge in [0.25, 0.3) is 0 Å². The summed E-state index contributed by atoms with van der Waals surface area (Å²) in [4.78, 5) is 60.7. The number of aromatic hydroxyl groups is 1. The largest absolute Gasteiger partial charge is 0.508 e.